The summed E-state index contributed by atoms with van der Waals surface area (Å²) in [5.74, 6) is 2.06. The maximum Gasteiger partial charge on any atom is 0.119 e. The van der Waals surface area contributed by atoms with Crippen molar-refractivity contribution in [2.45, 2.75) is 116 Å². The van der Waals surface area contributed by atoms with Gasteiger partial charge in [0.2, 0.25) is 0 Å². The molecule has 1 fully saturated rings. The summed E-state index contributed by atoms with van der Waals surface area (Å²) >= 11 is 0. The first-order valence-corrected chi connectivity index (χ1v) is 15.8. The summed E-state index contributed by atoms with van der Waals surface area (Å²) in [6.45, 7) is 5.21. The van der Waals surface area contributed by atoms with Crippen LogP contribution in [-0.4, -0.2) is 12.7 Å². The maximum atomic E-state index is 6.36. The molecule has 2 aliphatic rings. The van der Waals surface area contributed by atoms with Gasteiger partial charge in [-0.15, -0.1) is 0 Å². The molecule has 0 unspecified atom stereocenters. The third kappa shape index (κ3) is 9.45. The lowest BCUT2D eigenvalue weighted by Crippen LogP contribution is -2.16. The molecule has 0 heterocycles. The van der Waals surface area contributed by atoms with Gasteiger partial charge >= 0.3 is 0 Å². The van der Waals surface area contributed by atoms with Crippen molar-refractivity contribution in [1.29, 1.82) is 0 Å². The topological polar surface area (TPSA) is 18.5 Å². The minimum atomic E-state index is 0.398. The Balaban J connectivity index is 1.36. The fourth-order valence-corrected chi connectivity index (χ4v) is 5.84. The van der Waals surface area contributed by atoms with Crippen LogP contribution in [0.3, 0.4) is 0 Å². The normalized spacial score (nSPS) is 17.1. The van der Waals surface area contributed by atoms with Crippen molar-refractivity contribution in [3.63, 3.8) is 0 Å². The summed E-state index contributed by atoms with van der Waals surface area (Å²) in [6.07, 6.45) is 26.5. The molecule has 0 aliphatic heterocycles. The van der Waals surface area contributed by atoms with Crippen molar-refractivity contribution < 1.29 is 9.47 Å². The van der Waals surface area contributed by atoms with E-state index in [2.05, 4.69) is 80.6 Å². The number of rotatable bonds is 15. The minimum Gasteiger partial charge on any atom is -0.495 e. The average molecular weight is 527 g/mol. The first-order chi connectivity index (χ1) is 19.2. The third-order valence-electron chi connectivity index (χ3n) is 8.26. The van der Waals surface area contributed by atoms with Crippen LogP contribution in [0.2, 0.25) is 0 Å². The average Bonchev–Trinajstić information content (AvgIpc) is 2.99. The van der Waals surface area contributed by atoms with Crippen molar-refractivity contribution in [3.8, 4) is 16.9 Å². The van der Waals surface area contributed by atoms with E-state index in [1.807, 2.05) is 0 Å². The predicted octanol–water partition coefficient (Wildman–Crippen LogP) is 11.2. The number of unbranched alkanes of at least 4 members (excludes halogenated alkanes) is 8. The highest BCUT2D eigenvalue weighted by Gasteiger charge is 2.17. The molecule has 2 heteroatoms. The Hall–Kier alpha value is -2.74. The van der Waals surface area contributed by atoms with Gasteiger partial charge in [0.1, 0.15) is 5.75 Å². The van der Waals surface area contributed by atoms with Crippen molar-refractivity contribution in [3.05, 3.63) is 83.7 Å². The van der Waals surface area contributed by atoms with Crippen LogP contribution in [0.5, 0.6) is 5.75 Å². The molecule has 0 bridgehead atoms. The molecule has 1 saturated carbocycles. The second kappa shape index (κ2) is 16.4. The van der Waals surface area contributed by atoms with Gasteiger partial charge in [-0.25, -0.2) is 0 Å². The molecule has 4 rings (SSSR count). The largest absolute Gasteiger partial charge is 0.495 e. The Kier molecular flexibility index (Phi) is 12.3. The quantitative estimate of drug-likeness (QED) is 0.170. The third-order valence-corrected chi connectivity index (χ3v) is 8.26. The van der Waals surface area contributed by atoms with Gasteiger partial charge in [-0.3, -0.25) is 0 Å². The number of hydrogen-bond acceptors (Lipinski definition) is 2. The van der Waals surface area contributed by atoms with E-state index in [9.17, 15) is 0 Å². The highest BCUT2D eigenvalue weighted by Crippen LogP contribution is 2.36. The molecule has 39 heavy (non-hydrogen) atoms. The van der Waals surface area contributed by atoms with Gasteiger partial charge < -0.3 is 9.47 Å². The van der Waals surface area contributed by atoms with Crippen LogP contribution in [0.15, 0.2) is 78.1 Å². The van der Waals surface area contributed by atoms with Gasteiger partial charge in [-0.05, 0) is 85.4 Å². The molecule has 0 atom stereocenters. The van der Waals surface area contributed by atoms with Gasteiger partial charge in [0.25, 0.3) is 0 Å². The van der Waals surface area contributed by atoms with Crippen LogP contribution in [0.4, 0.5) is 0 Å². The van der Waals surface area contributed by atoms with E-state index in [-0.39, 0.29) is 0 Å². The zero-order valence-corrected chi connectivity index (χ0v) is 24.6. The van der Waals surface area contributed by atoms with E-state index in [0.717, 1.165) is 31.0 Å². The number of hydrogen-bond donors (Lipinski definition) is 0. The molecule has 0 aromatic heterocycles. The Morgan fingerprint density at radius 3 is 2.18 bits per heavy atom. The monoisotopic (exact) mass is 526 g/mol. The number of allylic oxidation sites excluding steroid dienone is 6. The zero-order chi connectivity index (χ0) is 27.1. The van der Waals surface area contributed by atoms with Gasteiger partial charge in [0, 0.05) is 0 Å². The van der Waals surface area contributed by atoms with E-state index >= 15 is 0 Å². The Labute approximate surface area is 238 Å². The molecular weight excluding hydrogens is 476 g/mol. The maximum absolute atomic E-state index is 6.36. The zero-order valence-electron chi connectivity index (χ0n) is 24.6. The fraction of sp³-hybridized carbons (Fsp3) is 0.514. The first kappa shape index (κ1) is 29.2. The van der Waals surface area contributed by atoms with Gasteiger partial charge in [-0.2, -0.15) is 0 Å². The molecule has 2 nitrogen and oxygen atoms in total. The van der Waals surface area contributed by atoms with Gasteiger partial charge in [0.15, 0.2) is 0 Å². The van der Waals surface area contributed by atoms with Crippen molar-refractivity contribution in [1.82, 2.24) is 0 Å². The predicted molar refractivity (Wildman–Crippen MR) is 167 cm³/mol. The smallest absolute Gasteiger partial charge is 0.119 e. The van der Waals surface area contributed by atoms with Crippen LogP contribution >= 0.6 is 0 Å². The van der Waals surface area contributed by atoms with Crippen LogP contribution < -0.4 is 4.74 Å². The van der Waals surface area contributed by atoms with Gasteiger partial charge in [0.05, 0.1) is 18.5 Å². The standard InChI is InChI=1S/C37H50O2/c1-3-4-5-6-7-8-9-10-17-28-38-35-26-27-36(32-18-13-11-14-19-32)37(29-35)33-24-22-31(23-25-33)30(2)39-34-20-15-12-16-21-34/h11,13-14,18-19,22,24-27,29,34H,3-10,12,15-17,20-21,23,28H2,1-2H3/b31-30-. The van der Waals surface area contributed by atoms with Gasteiger partial charge in [-0.1, -0.05) is 119 Å². The Bertz CT molecular complexity index is 1090. The van der Waals surface area contributed by atoms with Crippen molar-refractivity contribution >= 4 is 5.57 Å². The Morgan fingerprint density at radius 1 is 0.769 bits per heavy atom. The summed E-state index contributed by atoms with van der Waals surface area (Å²) < 4.78 is 12.6. The summed E-state index contributed by atoms with van der Waals surface area (Å²) in [7, 11) is 0. The van der Waals surface area contributed by atoms with Crippen LogP contribution in [0, 0.1) is 0 Å². The molecule has 2 aromatic carbocycles. The molecule has 2 aromatic rings. The van der Waals surface area contributed by atoms with E-state index in [1.165, 1.54) is 111 Å². The molecule has 0 saturated heterocycles. The number of benzene rings is 2. The van der Waals surface area contributed by atoms with E-state index in [1.54, 1.807) is 0 Å². The molecule has 210 valence electrons. The van der Waals surface area contributed by atoms with Crippen LogP contribution in [0.1, 0.15) is 116 Å². The lowest BCUT2D eigenvalue weighted by Gasteiger charge is -2.25. The van der Waals surface area contributed by atoms with E-state index in [0.29, 0.717) is 6.10 Å². The van der Waals surface area contributed by atoms with Crippen LogP contribution in [0.25, 0.3) is 16.7 Å². The van der Waals surface area contributed by atoms with Crippen molar-refractivity contribution in [2.24, 2.45) is 0 Å². The number of ether oxygens (including phenoxy) is 2. The highest BCUT2D eigenvalue weighted by atomic mass is 16.5. The SMILES string of the molecule is CCCCCCCCCCCOc1ccc(-c2ccccc2)c(C2=CC/C(=C(/C)OC3CCCCC3)C=C2)c1. The first-order valence-electron chi connectivity index (χ1n) is 15.8. The molecule has 2 aliphatic carbocycles. The van der Waals surface area contributed by atoms with Crippen LogP contribution in [-0.2, 0) is 4.74 Å². The summed E-state index contributed by atoms with van der Waals surface area (Å²) in [6, 6.07) is 17.3. The molecule has 0 N–H and O–H groups in total. The summed E-state index contributed by atoms with van der Waals surface area (Å²) in [4.78, 5) is 0. The summed E-state index contributed by atoms with van der Waals surface area (Å²) in [5.41, 5.74) is 6.29. The highest BCUT2D eigenvalue weighted by molar-refractivity contribution is 5.87. The molecular formula is C37H50O2. The summed E-state index contributed by atoms with van der Waals surface area (Å²) in [5, 5.41) is 0. The second-order valence-electron chi connectivity index (χ2n) is 11.4. The lowest BCUT2D eigenvalue weighted by molar-refractivity contribution is 0.0819. The molecule has 0 amide bonds. The lowest BCUT2D eigenvalue weighted by atomic mass is 9.90. The fourth-order valence-electron chi connectivity index (χ4n) is 5.84. The minimum absolute atomic E-state index is 0.398. The second-order valence-corrected chi connectivity index (χ2v) is 11.4. The Morgan fingerprint density at radius 2 is 1.49 bits per heavy atom. The van der Waals surface area contributed by atoms with E-state index < -0.39 is 0 Å². The van der Waals surface area contributed by atoms with E-state index in [4.69, 9.17) is 9.47 Å². The van der Waals surface area contributed by atoms with Crippen molar-refractivity contribution in [2.75, 3.05) is 6.61 Å². The molecule has 0 radical (unpaired) electrons. The molecule has 0 spiro atoms.